The molecular formula is C31H38N2O5. The molecule has 7 heteroatoms. The van der Waals surface area contributed by atoms with Crippen molar-refractivity contribution in [2.75, 3.05) is 31.6 Å². The molecule has 3 aromatic carbocycles. The zero-order valence-corrected chi connectivity index (χ0v) is 21.9. The fraction of sp³-hybridized carbons (Fsp3) is 0.355. The van der Waals surface area contributed by atoms with Crippen LogP contribution < -0.4 is 5.32 Å². The molecule has 202 valence electrons. The highest BCUT2D eigenvalue weighted by Gasteiger charge is 2.15. The Hall–Kier alpha value is -3.52. The van der Waals surface area contributed by atoms with Crippen LogP contribution in [-0.4, -0.2) is 53.6 Å². The van der Waals surface area contributed by atoms with E-state index in [-0.39, 0.29) is 24.7 Å². The number of phenols is 1. The first-order valence-electron chi connectivity index (χ1n) is 13.2. The van der Waals surface area contributed by atoms with Gasteiger partial charge in [0.05, 0.1) is 19.8 Å². The largest absolute Gasteiger partial charge is 0.508 e. The number of aliphatic hydroxyl groups excluding tert-OH is 1. The molecule has 0 aliphatic heterocycles. The number of unbranched alkanes of at least 4 members (excludes halogenated alkanes) is 3. The highest BCUT2D eigenvalue weighted by Crippen LogP contribution is 2.19. The Labute approximate surface area is 225 Å². The monoisotopic (exact) mass is 518 g/mol. The number of rotatable bonds is 18. The minimum Gasteiger partial charge on any atom is -0.508 e. The van der Waals surface area contributed by atoms with E-state index < -0.39 is 0 Å². The number of hydrogen-bond acceptors (Lipinski definition) is 6. The number of ketones is 1. The minimum absolute atomic E-state index is 0.00327. The van der Waals surface area contributed by atoms with E-state index in [4.69, 9.17) is 4.74 Å². The number of benzene rings is 3. The molecule has 0 atom stereocenters. The Morgan fingerprint density at radius 3 is 2.39 bits per heavy atom. The van der Waals surface area contributed by atoms with Crippen molar-refractivity contribution >= 4 is 17.9 Å². The summed E-state index contributed by atoms with van der Waals surface area (Å²) in [6.07, 6.45) is 5.62. The average Bonchev–Trinajstić information content (AvgIpc) is 2.94. The molecule has 0 saturated carbocycles. The lowest BCUT2D eigenvalue weighted by Gasteiger charge is -2.22. The Morgan fingerprint density at radius 2 is 1.66 bits per heavy atom. The van der Waals surface area contributed by atoms with E-state index in [2.05, 4.69) is 22.3 Å². The Bertz CT molecular complexity index is 1120. The van der Waals surface area contributed by atoms with E-state index in [0.29, 0.717) is 30.7 Å². The quantitative estimate of drug-likeness (QED) is 0.125. The summed E-state index contributed by atoms with van der Waals surface area (Å²) in [6.45, 7) is 2.86. The standard InChI is InChI=1S/C31H38N2O5/c34-23-28-20-27(12-15-30(28)36)31(37)22-33(21-26-8-4-3-5-9-26)17-6-1-2-7-18-38-19-16-25-10-13-29(14-11-25)32-24-35/h3-5,8-15,20,24,34,36H,1-2,6-7,16-19,21-23H2,(H,32,35). The van der Waals surface area contributed by atoms with Crippen molar-refractivity contribution in [3.8, 4) is 5.75 Å². The van der Waals surface area contributed by atoms with E-state index in [9.17, 15) is 19.8 Å². The SMILES string of the molecule is O=CNc1ccc(CCOCCCCCCN(CC(=O)c2ccc(O)c(CO)c2)Cc2ccccc2)cc1. The molecule has 0 spiro atoms. The van der Waals surface area contributed by atoms with Crippen LogP contribution >= 0.6 is 0 Å². The highest BCUT2D eigenvalue weighted by atomic mass is 16.5. The molecule has 7 nitrogen and oxygen atoms in total. The van der Waals surface area contributed by atoms with E-state index in [1.54, 1.807) is 12.1 Å². The Morgan fingerprint density at radius 1 is 0.895 bits per heavy atom. The molecule has 0 fully saturated rings. The van der Waals surface area contributed by atoms with Crippen LogP contribution in [0.3, 0.4) is 0 Å². The van der Waals surface area contributed by atoms with Crippen LogP contribution in [-0.2, 0) is 29.1 Å². The normalized spacial score (nSPS) is 11.0. The number of Topliss-reactive ketones (excluding diaryl/α,β-unsaturated/α-hetero) is 1. The topological polar surface area (TPSA) is 99.1 Å². The highest BCUT2D eigenvalue weighted by molar-refractivity contribution is 5.98. The van der Waals surface area contributed by atoms with Crippen LogP contribution in [0, 0.1) is 0 Å². The van der Waals surface area contributed by atoms with Crippen LogP contribution in [0.4, 0.5) is 5.69 Å². The first-order chi connectivity index (χ1) is 18.6. The van der Waals surface area contributed by atoms with E-state index in [1.807, 2.05) is 42.5 Å². The molecule has 3 N–H and O–H groups in total. The molecule has 3 aromatic rings. The Balaban J connectivity index is 1.37. The van der Waals surface area contributed by atoms with Crippen molar-refractivity contribution in [1.29, 1.82) is 0 Å². The van der Waals surface area contributed by atoms with Gasteiger partial charge in [0.25, 0.3) is 0 Å². The average molecular weight is 519 g/mol. The maximum absolute atomic E-state index is 13.0. The number of hydrogen-bond donors (Lipinski definition) is 3. The molecule has 0 aliphatic carbocycles. The summed E-state index contributed by atoms with van der Waals surface area (Å²) in [6, 6.07) is 22.5. The van der Waals surface area contributed by atoms with Gasteiger partial charge in [0.15, 0.2) is 5.78 Å². The van der Waals surface area contributed by atoms with Crippen molar-refractivity contribution in [2.24, 2.45) is 0 Å². The summed E-state index contributed by atoms with van der Waals surface area (Å²) >= 11 is 0. The summed E-state index contributed by atoms with van der Waals surface area (Å²) in [5.74, 6) is -0.0323. The van der Waals surface area contributed by atoms with Gasteiger partial charge in [-0.25, -0.2) is 0 Å². The van der Waals surface area contributed by atoms with E-state index in [0.717, 1.165) is 56.5 Å². The zero-order chi connectivity index (χ0) is 27.0. The van der Waals surface area contributed by atoms with Crippen molar-refractivity contribution in [3.05, 3.63) is 95.1 Å². The van der Waals surface area contributed by atoms with Crippen LogP contribution in [0.25, 0.3) is 0 Å². The lowest BCUT2D eigenvalue weighted by atomic mass is 10.1. The zero-order valence-electron chi connectivity index (χ0n) is 21.9. The molecule has 0 aliphatic rings. The van der Waals surface area contributed by atoms with Crippen molar-refractivity contribution in [3.63, 3.8) is 0 Å². The lowest BCUT2D eigenvalue weighted by Crippen LogP contribution is -2.30. The number of amides is 1. The number of nitrogens with one attached hydrogen (secondary N) is 1. The van der Waals surface area contributed by atoms with Crippen LogP contribution in [0.5, 0.6) is 5.75 Å². The predicted molar refractivity (Wildman–Crippen MR) is 149 cm³/mol. The second-order valence-electron chi connectivity index (χ2n) is 9.36. The fourth-order valence-corrected chi connectivity index (χ4v) is 4.26. The first kappa shape index (κ1) is 29.0. The second kappa shape index (κ2) is 16.3. The molecule has 38 heavy (non-hydrogen) atoms. The molecule has 0 unspecified atom stereocenters. The minimum atomic E-state index is -0.308. The number of ether oxygens (including phenoxy) is 1. The van der Waals surface area contributed by atoms with Gasteiger partial charge in [-0.1, -0.05) is 55.3 Å². The third kappa shape index (κ3) is 10.1. The van der Waals surface area contributed by atoms with Gasteiger partial charge in [0.2, 0.25) is 6.41 Å². The number of nitrogens with zero attached hydrogens (tertiary/aromatic N) is 1. The van der Waals surface area contributed by atoms with Crippen molar-refractivity contribution < 1.29 is 24.5 Å². The summed E-state index contributed by atoms with van der Waals surface area (Å²) in [7, 11) is 0. The maximum Gasteiger partial charge on any atom is 0.211 e. The molecule has 0 saturated heterocycles. The van der Waals surface area contributed by atoms with Gasteiger partial charge in [-0.2, -0.15) is 0 Å². The van der Waals surface area contributed by atoms with E-state index >= 15 is 0 Å². The maximum atomic E-state index is 13.0. The summed E-state index contributed by atoms with van der Waals surface area (Å²) in [5.41, 5.74) is 3.97. The third-order valence-electron chi connectivity index (χ3n) is 6.42. The summed E-state index contributed by atoms with van der Waals surface area (Å²) in [4.78, 5) is 25.6. The van der Waals surface area contributed by atoms with Gasteiger partial charge >= 0.3 is 0 Å². The van der Waals surface area contributed by atoms with Gasteiger partial charge in [-0.05, 0) is 67.3 Å². The molecule has 0 aromatic heterocycles. The fourth-order valence-electron chi connectivity index (χ4n) is 4.26. The molecule has 1 amide bonds. The van der Waals surface area contributed by atoms with Crippen LogP contribution in [0.15, 0.2) is 72.8 Å². The van der Waals surface area contributed by atoms with Crippen molar-refractivity contribution in [1.82, 2.24) is 4.90 Å². The summed E-state index contributed by atoms with van der Waals surface area (Å²) < 4.78 is 5.79. The number of carbonyl (C=O) groups excluding carboxylic acids is 2. The van der Waals surface area contributed by atoms with Gasteiger partial charge in [-0.15, -0.1) is 0 Å². The number of aliphatic hydroxyl groups is 1. The molecule has 3 rings (SSSR count). The molecule has 0 heterocycles. The summed E-state index contributed by atoms with van der Waals surface area (Å²) in [5, 5.41) is 21.8. The van der Waals surface area contributed by atoms with Gasteiger partial charge in [-0.3, -0.25) is 14.5 Å². The smallest absolute Gasteiger partial charge is 0.211 e. The number of carbonyl (C=O) groups is 2. The first-order valence-corrected chi connectivity index (χ1v) is 13.2. The molecule has 0 bridgehead atoms. The third-order valence-corrected chi connectivity index (χ3v) is 6.42. The lowest BCUT2D eigenvalue weighted by molar-refractivity contribution is -0.105. The van der Waals surface area contributed by atoms with Gasteiger partial charge < -0.3 is 20.3 Å². The second-order valence-corrected chi connectivity index (χ2v) is 9.36. The Kier molecular flexibility index (Phi) is 12.5. The number of anilines is 1. The van der Waals surface area contributed by atoms with E-state index in [1.165, 1.54) is 11.6 Å². The van der Waals surface area contributed by atoms with Crippen LogP contribution in [0.1, 0.15) is 52.7 Å². The van der Waals surface area contributed by atoms with Crippen LogP contribution in [0.2, 0.25) is 0 Å². The van der Waals surface area contributed by atoms with Gasteiger partial charge in [0, 0.05) is 30.0 Å². The predicted octanol–water partition coefficient (Wildman–Crippen LogP) is 4.96. The molecular weight excluding hydrogens is 480 g/mol. The van der Waals surface area contributed by atoms with Crippen molar-refractivity contribution in [2.45, 2.75) is 45.3 Å². The molecule has 0 radical (unpaired) electrons. The number of aromatic hydroxyl groups is 1. The van der Waals surface area contributed by atoms with Gasteiger partial charge in [0.1, 0.15) is 5.75 Å².